The fourth-order valence-corrected chi connectivity index (χ4v) is 1.27. The molecule has 0 fully saturated rings. The van der Waals surface area contributed by atoms with Gasteiger partial charge in [0.05, 0.1) is 0 Å². The van der Waals surface area contributed by atoms with Crippen molar-refractivity contribution in [2.24, 2.45) is 0 Å². The highest BCUT2D eigenvalue weighted by Crippen LogP contribution is 2.15. The predicted octanol–water partition coefficient (Wildman–Crippen LogP) is 3.54. The maximum atomic E-state index is 11.6. The molecular weight excluding hydrogens is 198 g/mol. The SMILES string of the molecule is CC.CC(C)c1ccc(C(=O)N(C)C)cc1. The van der Waals surface area contributed by atoms with E-state index in [-0.39, 0.29) is 5.91 Å². The van der Waals surface area contributed by atoms with Crippen molar-refractivity contribution in [3.63, 3.8) is 0 Å². The van der Waals surface area contributed by atoms with Gasteiger partial charge in [-0.1, -0.05) is 39.8 Å². The molecule has 0 aliphatic carbocycles. The molecule has 0 aromatic heterocycles. The van der Waals surface area contributed by atoms with Crippen LogP contribution in [-0.2, 0) is 0 Å². The second kappa shape index (κ2) is 7.04. The molecule has 0 aliphatic heterocycles. The summed E-state index contributed by atoms with van der Waals surface area (Å²) in [6.07, 6.45) is 0. The molecular formula is C14H23NO. The van der Waals surface area contributed by atoms with Gasteiger partial charge in [-0.05, 0) is 23.6 Å². The number of hydrogen-bond donors (Lipinski definition) is 0. The van der Waals surface area contributed by atoms with E-state index in [2.05, 4.69) is 13.8 Å². The Kier molecular flexibility index (Phi) is 6.47. The highest BCUT2D eigenvalue weighted by atomic mass is 16.2. The van der Waals surface area contributed by atoms with Crippen LogP contribution in [-0.4, -0.2) is 24.9 Å². The monoisotopic (exact) mass is 221 g/mol. The minimum Gasteiger partial charge on any atom is -0.345 e. The molecule has 0 atom stereocenters. The van der Waals surface area contributed by atoms with Crippen molar-refractivity contribution in [2.45, 2.75) is 33.6 Å². The normalized spacial score (nSPS) is 9.44. The van der Waals surface area contributed by atoms with Gasteiger partial charge in [0, 0.05) is 19.7 Å². The average Bonchev–Trinajstić information content (AvgIpc) is 2.30. The summed E-state index contributed by atoms with van der Waals surface area (Å²) < 4.78 is 0. The lowest BCUT2D eigenvalue weighted by Gasteiger charge is -2.11. The van der Waals surface area contributed by atoms with Gasteiger partial charge in [0.2, 0.25) is 0 Å². The van der Waals surface area contributed by atoms with Crippen LogP contribution in [0.3, 0.4) is 0 Å². The van der Waals surface area contributed by atoms with E-state index in [0.717, 1.165) is 5.56 Å². The molecule has 0 aliphatic rings. The molecule has 0 unspecified atom stereocenters. The first-order valence-electron chi connectivity index (χ1n) is 5.84. The Balaban J connectivity index is 0.00000106. The van der Waals surface area contributed by atoms with Crippen LogP contribution in [0, 0.1) is 0 Å². The van der Waals surface area contributed by atoms with E-state index >= 15 is 0 Å². The Morgan fingerprint density at radius 3 is 1.81 bits per heavy atom. The van der Waals surface area contributed by atoms with Crippen LogP contribution in [0.25, 0.3) is 0 Å². The first-order chi connectivity index (χ1) is 7.52. The van der Waals surface area contributed by atoms with Crippen LogP contribution in [0.15, 0.2) is 24.3 Å². The van der Waals surface area contributed by atoms with Gasteiger partial charge in [0.25, 0.3) is 5.91 Å². The summed E-state index contributed by atoms with van der Waals surface area (Å²) in [6, 6.07) is 7.80. The zero-order valence-electron chi connectivity index (χ0n) is 11.2. The molecule has 1 amide bonds. The molecule has 0 bridgehead atoms. The molecule has 1 rings (SSSR count). The quantitative estimate of drug-likeness (QED) is 0.748. The molecule has 1 aromatic carbocycles. The van der Waals surface area contributed by atoms with Gasteiger partial charge in [0.15, 0.2) is 0 Å². The number of benzene rings is 1. The molecule has 0 radical (unpaired) electrons. The lowest BCUT2D eigenvalue weighted by Crippen LogP contribution is -2.21. The molecule has 0 heterocycles. The van der Waals surface area contributed by atoms with Gasteiger partial charge >= 0.3 is 0 Å². The van der Waals surface area contributed by atoms with E-state index in [4.69, 9.17) is 0 Å². The predicted molar refractivity (Wildman–Crippen MR) is 69.9 cm³/mol. The van der Waals surface area contributed by atoms with E-state index in [1.165, 1.54) is 5.56 Å². The van der Waals surface area contributed by atoms with Crippen LogP contribution in [0.5, 0.6) is 0 Å². The van der Waals surface area contributed by atoms with Crippen molar-refractivity contribution in [3.05, 3.63) is 35.4 Å². The van der Waals surface area contributed by atoms with Crippen LogP contribution < -0.4 is 0 Å². The lowest BCUT2D eigenvalue weighted by atomic mass is 10.0. The number of nitrogens with zero attached hydrogens (tertiary/aromatic N) is 1. The summed E-state index contributed by atoms with van der Waals surface area (Å²) in [7, 11) is 3.53. The van der Waals surface area contributed by atoms with Crippen molar-refractivity contribution < 1.29 is 4.79 Å². The minimum atomic E-state index is 0.0558. The Morgan fingerprint density at radius 2 is 1.50 bits per heavy atom. The Hall–Kier alpha value is -1.31. The summed E-state index contributed by atoms with van der Waals surface area (Å²) in [4.78, 5) is 13.1. The number of amides is 1. The van der Waals surface area contributed by atoms with Crippen LogP contribution in [0.4, 0.5) is 0 Å². The van der Waals surface area contributed by atoms with Gasteiger partial charge in [-0.25, -0.2) is 0 Å². The zero-order valence-corrected chi connectivity index (χ0v) is 11.2. The molecule has 2 heteroatoms. The number of hydrogen-bond acceptors (Lipinski definition) is 1. The summed E-state index contributed by atoms with van der Waals surface area (Å²) in [5, 5.41) is 0. The van der Waals surface area contributed by atoms with Gasteiger partial charge in [0.1, 0.15) is 0 Å². The van der Waals surface area contributed by atoms with E-state index in [9.17, 15) is 4.79 Å². The average molecular weight is 221 g/mol. The molecule has 0 spiro atoms. The Labute approximate surface area is 99.3 Å². The summed E-state index contributed by atoms with van der Waals surface area (Å²) in [6.45, 7) is 8.28. The largest absolute Gasteiger partial charge is 0.345 e. The Bertz CT molecular complexity index is 312. The van der Waals surface area contributed by atoms with Gasteiger partial charge in [-0.3, -0.25) is 4.79 Å². The summed E-state index contributed by atoms with van der Waals surface area (Å²) in [5.74, 6) is 0.568. The highest BCUT2D eigenvalue weighted by Gasteiger charge is 2.07. The van der Waals surface area contributed by atoms with Gasteiger partial charge < -0.3 is 4.90 Å². The molecule has 0 N–H and O–H groups in total. The first-order valence-corrected chi connectivity index (χ1v) is 5.84. The zero-order chi connectivity index (χ0) is 12.7. The first kappa shape index (κ1) is 14.7. The number of rotatable bonds is 2. The van der Waals surface area contributed by atoms with Gasteiger partial charge in [-0.2, -0.15) is 0 Å². The highest BCUT2D eigenvalue weighted by molar-refractivity contribution is 5.93. The fourth-order valence-electron chi connectivity index (χ4n) is 1.27. The molecule has 90 valence electrons. The lowest BCUT2D eigenvalue weighted by molar-refractivity contribution is 0.0827. The topological polar surface area (TPSA) is 20.3 Å². The summed E-state index contributed by atoms with van der Waals surface area (Å²) >= 11 is 0. The minimum absolute atomic E-state index is 0.0558. The van der Waals surface area contributed by atoms with E-state index in [0.29, 0.717) is 5.92 Å². The van der Waals surface area contributed by atoms with Crippen molar-refractivity contribution in [1.82, 2.24) is 4.90 Å². The second-order valence-electron chi connectivity index (χ2n) is 3.98. The van der Waals surface area contributed by atoms with Crippen molar-refractivity contribution in [3.8, 4) is 0 Å². The van der Waals surface area contributed by atoms with Crippen LogP contribution in [0.2, 0.25) is 0 Å². The molecule has 0 saturated heterocycles. The maximum Gasteiger partial charge on any atom is 0.253 e. The van der Waals surface area contributed by atoms with E-state index in [1.807, 2.05) is 38.1 Å². The van der Waals surface area contributed by atoms with E-state index < -0.39 is 0 Å². The van der Waals surface area contributed by atoms with Crippen molar-refractivity contribution >= 4 is 5.91 Å². The third-order valence-electron chi connectivity index (χ3n) is 2.23. The van der Waals surface area contributed by atoms with Crippen LogP contribution in [0.1, 0.15) is 49.5 Å². The third kappa shape index (κ3) is 4.05. The number of carbonyl (C=O) groups is 1. The standard InChI is InChI=1S/C12H17NO.C2H6/c1-9(2)10-5-7-11(8-6-10)12(14)13(3)4;1-2/h5-9H,1-4H3;1-2H3. The molecule has 0 saturated carbocycles. The van der Waals surface area contributed by atoms with Crippen molar-refractivity contribution in [2.75, 3.05) is 14.1 Å². The number of carbonyl (C=O) groups excluding carboxylic acids is 1. The van der Waals surface area contributed by atoms with E-state index in [1.54, 1.807) is 19.0 Å². The Morgan fingerprint density at radius 1 is 1.06 bits per heavy atom. The molecule has 2 nitrogen and oxygen atoms in total. The van der Waals surface area contributed by atoms with Gasteiger partial charge in [-0.15, -0.1) is 0 Å². The summed E-state index contributed by atoms with van der Waals surface area (Å²) in [5.41, 5.74) is 2.01. The fraction of sp³-hybridized carbons (Fsp3) is 0.500. The van der Waals surface area contributed by atoms with Crippen LogP contribution >= 0.6 is 0 Å². The maximum absolute atomic E-state index is 11.6. The second-order valence-corrected chi connectivity index (χ2v) is 3.98. The smallest absolute Gasteiger partial charge is 0.253 e. The molecule has 1 aromatic rings. The third-order valence-corrected chi connectivity index (χ3v) is 2.23. The van der Waals surface area contributed by atoms with Crippen molar-refractivity contribution in [1.29, 1.82) is 0 Å². The molecule has 16 heavy (non-hydrogen) atoms.